The lowest BCUT2D eigenvalue weighted by Crippen LogP contribution is -2.19. The molecule has 0 saturated heterocycles. The Morgan fingerprint density at radius 2 is 1.75 bits per heavy atom. The molecule has 0 fully saturated rings. The number of rotatable bonds is 4. The van der Waals surface area contributed by atoms with Gasteiger partial charge in [0.2, 0.25) is 0 Å². The zero-order chi connectivity index (χ0) is 14.8. The molecule has 0 saturated carbocycles. The SMILES string of the molecule is Cc1cccc(NS(=O)(=O)c2ccccc2)c1C(N)=S. The second-order valence-corrected chi connectivity index (χ2v) is 6.40. The summed E-state index contributed by atoms with van der Waals surface area (Å²) in [5, 5.41) is 0. The van der Waals surface area contributed by atoms with Crippen molar-refractivity contribution in [1.82, 2.24) is 0 Å². The molecule has 4 nitrogen and oxygen atoms in total. The van der Waals surface area contributed by atoms with Crippen LogP contribution < -0.4 is 10.5 Å². The van der Waals surface area contributed by atoms with E-state index >= 15 is 0 Å². The average Bonchev–Trinajstić information content (AvgIpc) is 2.39. The Morgan fingerprint density at radius 3 is 2.35 bits per heavy atom. The number of hydrogen-bond donors (Lipinski definition) is 2. The van der Waals surface area contributed by atoms with Crippen molar-refractivity contribution in [3.05, 3.63) is 59.7 Å². The van der Waals surface area contributed by atoms with E-state index < -0.39 is 10.0 Å². The molecule has 0 aliphatic rings. The first-order chi connectivity index (χ1) is 9.42. The fraction of sp³-hybridized carbons (Fsp3) is 0.0714. The first-order valence-corrected chi connectivity index (χ1v) is 7.78. The molecule has 2 rings (SSSR count). The van der Waals surface area contributed by atoms with Gasteiger partial charge in [-0.25, -0.2) is 8.42 Å². The van der Waals surface area contributed by atoms with Gasteiger partial charge in [0.1, 0.15) is 4.99 Å². The summed E-state index contributed by atoms with van der Waals surface area (Å²) in [4.78, 5) is 0.351. The predicted molar refractivity (Wildman–Crippen MR) is 84.3 cm³/mol. The largest absolute Gasteiger partial charge is 0.389 e. The van der Waals surface area contributed by atoms with Crippen LogP contribution in [0.15, 0.2) is 53.4 Å². The predicted octanol–water partition coefficient (Wildman–Crippen LogP) is 2.43. The van der Waals surface area contributed by atoms with Gasteiger partial charge in [-0.2, -0.15) is 0 Å². The van der Waals surface area contributed by atoms with Crippen LogP contribution in [0.3, 0.4) is 0 Å². The Kier molecular flexibility index (Phi) is 4.06. The Balaban J connectivity index is 2.46. The summed E-state index contributed by atoms with van der Waals surface area (Å²) >= 11 is 4.99. The highest BCUT2D eigenvalue weighted by Gasteiger charge is 2.17. The molecule has 6 heteroatoms. The molecule has 0 heterocycles. The van der Waals surface area contributed by atoms with Crippen molar-refractivity contribution in [3.8, 4) is 0 Å². The molecular weight excluding hydrogens is 292 g/mol. The van der Waals surface area contributed by atoms with Gasteiger partial charge in [0, 0.05) is 5.56 Å². The number of hydrogen-bond acceptors (Lipinski definition) is 3. The Labute approximate surface area is 123 Å². The Hall–Kier alpha value is -1.92. The number of benzene rings is 2. The highest BCUT2D eigenvalue weighted by atomic mass is 32.2. The molecule has 2 aromatic carbocycles. The molecule has 0 unspecified atom stereocenters. The second-order valence-electron chi connectivity index (χ2n) is 4.28. The number of aryl methyl sites for hydroxylation is 1. The normalized spacial score (nSPS) is 11.1. The fourth-order valence-electron chi connectivity index (χ4n) is 1.88. The van der Waals surface area contributed by atoms with Crippen LogP contribution in [0.1, 0.15) is 11.1 Å². The number of sulfonamides is 1. The lowest BCUT2D eigenvalue weighted by atomic mass is 10.1. The third-order valence-corrected chi connectivity index (χ3v) is 4.40. The number of nitrogens with one attached hydrogen (secondary N) is 1. The zero-order valence-electron chi connectivity index (χ0n) is 10.8. The second kappa shape index (κ2) is 5.60. The van der Waals surface area contributed by atoms with E-state index in [0.717, 1.165) is 5.56 Å². The summed E-state index contributed by atoms with van der Waals surface area (Å²) in [5.41, 5.74) is 7.43. The van der Waals surface area contributed by atoms with Gasteiger partial charge in [-0.05, 0) is 30.7 Å². The Bertz CT molecular complexity index is 741. The van der Waals surface area contributed by atoms with E-state index in [9.17, 15) is 8.42 Å². The van der Waals surface area contributed by atoms with E-state index in [2.05, 4.69) is 4.72 Å². The molecule has 0 aliphatic carbocycles. The summed E-state index contributed by atoms with van der Waals surface area (Å²) in [5.74, 6) is 0. The number of thiocarbonyl (C=S) groups is 1. The van der Waals surface area contributed by atoms with Crippen molar-refractivity contribution >= 4 is 32.9 Å². The maximum Gasteiger partial charge on any atom is 0.261 e. The summed E-state index contributed by atoms with van der Waals surface area (Å²) in [7, 11) is -3.65. The van der Waals surface area contributed by atoms with E-state index in [4.69, 9.17) is 18.0 Å². The van der Waals surface area contributed by atoms with Gasteiger partial charge in [0.15, 0.2) is 0 Å². The zero-order valence-corrected chi connectivity index (χ0v) is 12.5. The molecule has 0 atom stereocenters. The van der Waals surface area contributed by atoms with Crippen LogP contribution in [0.25, 0.3) is 0 Å². The van der Waals surface area contributed by atoms with E-state index in [1.165, 1.54) is 12.1 Å². The fourth-order valence-corrected chi connectivity index (χ4v) is 3.25. The van der Waals surface area contributed by atoms with Crippen LogP contribution in [-0.4, -0.2) is 13.4 Å². The van der Waals surface area contributed by atoms with Gasteiger partial charge in [-0.3, -0.25) is 4.72 Å². The summed E-state index contributed by atoms with van der Waals surface area (Å²) in [6.07, 6.45) is 0. The average molecular weight is 306 g/mol. The molecule has 0 aromatic heterocycles. The lowest BCUT2D eigenvalue weighted by Gasteiger charge is -2.13. The number of nitrogens with two attached hydrogens (primary N) is 1. The van der Waals surface area contributed by atoms with Crippen molar-refractivity contribution in [1.29, 1.82) is 0 Å². The smallest absolute Gasteiger partial charge is 0.261 e. The van der Waals surface area contributed by atoms with Gasteiger partial charge in [0.25, 0.3) is 10.0 Å². The molecule has 0 amide bonds. The third-order valence-electron chi connectivity index (χ3n) is 2.82. The maximum atomic E-state index is 12.3. The van der Waals surface area contributed by atoms with E-state index in [0.29, 0.717) is 11.3 Å². The van der Waals surface area contributed by atoms with Crippen LogP contribution in [-0.2, 0) is 10.0 Å². The molecule has 0 aliphatic heterocycles. The summed E-state index contributed by atoms with van der Waals surface area (Å²) < 4.78 is 27.1. The highest BCUT2D eigenvalue weighted by Crippen LogP contribution is 2.22. The van der Waals surface area contributed by atoms with E-state index in [-0.39, 0.29) is 9.88 Å². The summed E-state index contributed by atoms with van der Waals surface area (Å²) in [6.45, 7) is 1.83. The molecular formula is C14H14N2O2S2. The molecule has 3 N–H and O–H groups in total. The molecule has 0 radical (unpaired) electrons. The molecule has 104 valence electrons. The van der Waals surface area contributed by atoms with Gasteiger partial charge < -0.3 is 5.73 Å². The topological polar surface area (TPSA) is 72.2 Å². The monoisotopic (exact) mass is 306 g/mol. The molecule has 2 aromatic rings. The van der Waals surface area contributed by atoms with Crippen molar-refractivity contribution in [2.24, 2.45) is 5.73 Å². The van der Waals surface area contributed by atoms with Crippen LogP contribution in [0, 0.1) is 6.92 Å². The Morgan fingerprint density at radius 1 is 1.10 bits per heavy atom. The lowest BCUT2D eigenvalue weighted by molar-refractivity contribution is 0.601. The standard InChI is InChI=1S/C14H14N2O2S2/c1-10-6-5-9-12(13(10)14(15)19)16-20(17,18)11-7-3-2-4-8-11/h2-9,16H,1H3,(H2,15,19). The molecule has 20 heavy (non-hydrogen) atoms. The van der Waals surface area contributed by atoms with Crippen LogP contribution >= 0.6 is 12.2 Å². The van der Waals surface area contributed by atoms with Gasteiger partial charge in [-0.15, -0.1) is 0 Å². The minimum Gasteiger partial charge on any atom is -0.389 e. The maximum absolute atomic E-state index is 12.3. The third kappa shape index (κ3) is 2.97. The van der Waals surface area contributed by atoms with Crippen LogP contribution in [0.2, 0.25) is 0 Å². The van der Waals surface area contributed by atoms with Crippen molar-refractivity contribution < 1.29 is 8.42 Å². The van der Waals surface area contributed by atoms with Crippen molar-refractivity contribution in [2.75, 3.05) is 4.72 Å². The first kappa shape index (κ1) is 14.5. The van der Waals surface area contributed by atoms with Crippen molar-refractivity contribution in [2.45, 2.75) is 11.8 Å². The van der Waals surface area contributed by atoms with Gasteiger partial charge >= 0.3 is 0 Å². The van der Waals surface area contributed by atoms with Crippen molar-refractivity contribution in [3.63, 3.8) is 0 Å². The molecule has 0 spiro atoms. The van der Waals surface area contributed by atoms with Crippen LogP contribution in [0.5, 0.6) is 0 Å². The quantitative estimate of drug-likeness (QED) is 0.851. The van der Waals surface area contributed by atoms with E-state index in [1.807, 2.05) is 13.0 Å². The van der Waals surface area contributed by atoms with Crippen LogP contribution in [0.4, 0.5) is 5.69 Å². The van der Waals surface area contributed by atoms with E-state index in [1.54, 1.807) is 30.3 Å². The number of anilines is 1. The van der Waals surface area contributed by atoms with Gasteiger partial charge in [0.05, 0.1) is 10.6 Å². The molecule has 0 bridgehead atoms. The minimum atomic E-state index is -3.65. The first-order valence-electron chi connectivity index (χ1n) is 5.89. The van der Waals surface area contributed by atoms with Gasteiger partial charge in [-0.1, -0.05) is 42.5 Å². The minimum absolute atomic E-state index is 0.161. The highest BCUT2D eigenvalue weighted by molar-refractivity contribution is 7.92. The summed E-state index contributed by atoms with van der Waals surface area (Å²) in [6, 6.07) is 13.4.